The van der Waals surface area contributed by atoms with Gasteiger partial charge in [0.15, 0.2) is 0 Å². The van der Waals surface area contributed by atoms with Crippen molar-refractivity contribution in [3.8, 4) is 0 Å². The Bertz CT molecular complexity index is 351. The molecule has 0 aliphatic rings. The van der Waals surface area contributed by atoms with Crippen LogP contribution < -0.4 is 10.6 Å². The maximum atomic E-state index is 11.6. The number of hydrogen-bond acceptors (Lipinski definition) is 3. The number of carbonyl (C=O) groups excluding carboxylic acids is 1. The van der Waals surface area contributed by atoms with Gasteiger partial charge in [-0.2, -0.15) is 11.8 Å². The van der Waals surface area contributed by atoms with Crippen LogP contribution in [-0.2, 0) is 4.79 Å². The minimum absolute atomic E-state index is 0.0173. The molecule has 0 radical (unpaired) electrons. The van der Waals surface area contributed by atoms with Gasteiger partial charge in [0, 0.05) is 5.69 Å². The van der Waals surface area contributed by atoms with Crippen molar-refractivity contribution in [1.29, 1.82) is 0 Å². The molecule has 0 bridgehead atoms. The van der Waals surface area contributed by atoms with E-state index in [1.165, 1.54) is 17.7 Å². The smallest absolute Gasteiger partial charge is 0.238 e. The van der Waals surface area contributed by atoms with E-state index in [4.69, 9.17) is 0 Å². The Balaban J connectivity index is 2.12. The Labute approximate surface area is 114 Å². The zero-order valence-electron chi connectivity index (χ0n) is 11.2. The summed E-state index contributed by atoms with van der Waals surface area (Å²) in [7, 11) is 0. The summed E-state index contributed by atoms with van der Waals surface area (Å²) < 4.78 is 0. The molecule has 100 valence electrons. The lowest BCUT2D eigenvalue weighted by atomic mass is 10.2. The Morgan fingerprint density at radius 2 is 1.94 bits per heavy atom. The van der Waals surface area contributed by atoms with Gasteiger partial charge in [0.25, 0.3) is 0 Å². The zero-order chi connectivity index (χ0) is 13.2. The quantitative estimate of drug-likeness (QED) is 0.711. The van der Waals surface area contributed by atoms with Crippen molar-refractivity contribution in [3.05, 3.63) is 29.8 Å². The third-order valence-corrected chi connectivity index (χ3v) is 3.27. The number of aryl methyl sites for hydroxylation is 1. The average Bonchev–Trinajstić information content (AvgIpc) is 2.36. The Kier molecular flexibility index (Phi) is 7.53. The molecule has 18 heavy (non-hydrogen) atoms. The molecule has 0 saturated carbocycles. The second-order valence-corrected chi connectivity index (χ2v) is 5.28. The average molecular weight is 266 g/mol. The molecule has 0 saturated heterocycles. The SMILES string of the molecule is CSCCCCNCC(=O)Nc1ccc(C)cc1. The van der Waals surface area contributed by atoms with E-state index in [0.29, 0.717) is 6.54 Å². The molecule has 0 unspecified atom stereocenters. The topological polar surface area (TPSA) is 41.1 Å². The molecule has 1 rings (SSSR count). The van der Waals surface area contributed by atoms with Crippen molar-refractivity contribution < 1.29 is 4.79 Å². The fourth-order valence-corrected chi connectivity index (χ4v) is 2.03. The number of amides is 1. The lowest BCUT2D eigenvalue weighted by Gasteiger charge is -2.06. The second kappa shape index (κ2) is 9.00. The molecule has 1 aromatic rings. The largest absolute Gasteiger partial charge is 0.325 e. The van der Waals surface area contributed by atoms with Crippen LogP contribution >= 0.6 is 11.8 Å². The van der Waals surface area contributed by atoms with Crippen molar-refractivity contribution in [1.82, 2.24) is 5.32 Å². The molecule has 0 aliphatic heterocycles. The van der Waals surface area contributed by atoms with Crippen LogP contribution in [0.5, 0.6) is 0 Å². The number of anilines is 1. The number of benzene rings is 1. The van der Waals surface area contributed by atoms with Gasteiger partial charge in [-0.05, 0) is 50.5 Å². The first kappa shape index (κ1) is 15.1. The standard InChI is InChI=1S/C14H22N2OS/c1-12-5-7-13(8-6-12)16-14(17)11-15-9-3-4-10-18-2/h5-8,15H,3-4,9-11H2,1-2H3,(H,16,17). The van der Waals surface area contributed by atoms with Crippen LogP contribution in [-0.4, -0.2) is 31.0 Å². The third-order valence-electron chi connectivity index (χ3n) is 2.57. The van der Waals surface area contributed by atoms with E-state index in [-0.39, 0.29) is 5.91 Å². The van der Waals surface area contributed by atoms with Gasteiger partial charge < -0.3 is 10.6 Å². The first-order chi connectivity index (χ1) is 8.72. The number of unbranched alkanes of at least 4 members (excludes halogenated alkanes) is 1. The van der Waals surface area contributed by atoms with Crippen molar-refractivity contribution in [3.63, 3.8) is 0 Å². The number of carbonyl (C=O) groups is 1. The van der Waals surface area contributed by atoms with E-state index in [1.807, 2.05) is 43.0 Å². The van der Waals surface area contributed by atoms with Crippen LogP contribution in [0.2, 0.25) is 0 Å². The van der Waals surface area contributed by atoms with Gasteiger partial charge in [0.1, 0.15) is 0 Å². The summed E-state index contributed by atoms with van der Waals surface area (Å²) in [6.45, 7) is 3.32. The summed E-state index contributed by atoms with van der Waals surface area (Å²) in [5, 5.41) is 6.02. The fourth-order valence-electron chi connectivity index (χ4n) is 1.54. The molecule has 0 spiro atoms. The number of hydrogen-bond donors (Lipinski definition) is 2. The van der Waals surface area contributed by atoms with Crippen molar-refractivity contribution >= 4 is 23.4 Å². The molecule has 3 nitrogen and oxygen atoms in total. The molecule has 0 heterocycles. The predicted octanol–water partition coefficient (Wildman–Crippen LogP) is 2.67. The molecule has 1 amide bonds. The van der Waals surface area contributed by atoms with E-state index in [9.17, 15) is 4.79 Å². The third kappa shape index (κ3) is 6.67. The predicted molar refractivity (Wildman–Crippen MR) is 80.3 cm³/mol. The van der Waals surface area contributed by atoms with Crippen molar-refractivity contribution in [2.24, 2.45) is 0 Å². The Morgan fingerprint density at radius 1 is 1.22 bits per heavy atom. The summed E-state index contributed by atoms with van der Waals surface area (Å²) in [5.74, 6) is 1.21. The van der Waals surface area contributed by atoms with Crippen molar-refractivity contribution in [2.45, 2.75) is 19.8 Å². The van der Waals surface area contributed by atoms with Gasteiger partial charge in [-0.15, -0.1) is 0 Å². The first-order valence-corrected chi connectivity index (χ1v) is 7.68. The van der Waals surface area contributed by atoms with Gasteiger partial charge in [-0.1, -0.05) is 17.7 Å². The van der Waals surface area contributed by atoms with E-state index in [2.05, 4.69) is 16.9 Å². The summed E-state index contributed by atoms with van der Waals surface area (Å²) in [5.41, 5.74) is 2.05. The highest BCUT2D eigenvalue weighted by Crippen LogP contribution is 2.07. The minimum atomic E-state index is 0.0173. The highest BCUT2D eigenvalue weighted by molar-refractivity contribution is 7.98. The van der Waals surface area contributed by atoms with Gasteiger partial charge in [0.2, 0.25) is 5.91 Å². The van der Waals surface area contributed by atoms with E-state index < -0.39 is 0 Å². The summed E-state index contributed by atoms with van der Waals surface area (Å²) in [4.78, 5) is 11.6. The summed E-state index contributed by atoms with van der Waals surface area (Å²) in [6.07, 6.45) is 4.44. The monoisotopic (exact) mass is 266 g/mol. The minimum Gasteiger partial charge on any atom is -0.325 e. The van der Waals surface area contributed by atoms with Crippen LogP contribution in [0.4, 0.5) is 5.69 Å². The Morgan fingerprint density at radius 3 is 2.61 bits per heavy atom. The van der Waals surface area contributed by atoms with Crippen LogP contribution in [0.3, 0.4) is 0 Å². The molecular weight excluding hydrogens is 244 g/mol. The lowest BCUT2D eigenvalue weighted by Crippen LogP contribution is -2.28. The summed E-state index contributed by atoms with van der Waals surface area (Å²) >= 11 is 1.86. The van der Waals surface area contributed by atoms with Gasteiger partial charge in [0.05, 0.1) is 6.54 Å². The fraction of sp³-hybridized carbons (Fsp3) is 0.500. The number of rotatable bonds is 8. The maximum Gasteiger partial charge on any atom is 0.238 e. The molecule has 0 atom stereocenters. The molecule has 0 aliphatic carbocycles. The van der Waals surface area contributed by atoms with Gasteiger partial charge >= 0.3 is 0 Å². The van der Waals surface area contributed by atoms with Crippen LogP contribution in [0.15, 0.2) is 24.3 Å². The lowest BCUT2D eigenvalue weighted by molar-refractivity contribution is -0.115. The summed E-state index contributed by atoms with van der Waals surface area (Å²) in [6, 6.07) is 7.83. The van der Waals surface area contributed by atoms with E-state index in [1.54, 1.807) is 0 Å². The van der Waals surface area contributed by atoms with E-state index in [0.717, 1.165) is 18.7 Å². The number of thioether (sulfide) groups is 1. The highest BCUT2D eigenvalue weighted by atomic mass is 32.2. The van der Waals surface area contributed by atoms with E-state index >= 15 is 0 Å². The van der Waals surface area contributed by atoms with Crippen molar-refractivity contribution in [2.75, 3.05) is 30.4 Å². The maximum absolute atomic E-state index is 11.6. The van der Waals surface area contributed by atoms with Crippen LogP contribution in [0.1, 0.15) is 18.4 Å². The molecule has 1 aromatic carbocycles. The molecule has 4 heteroatoms. The second-order valence-electron chi connectivity index (χ2n) is 4.29. The van der Waals surface area contributed by atoms with Crippen LogP contribution in [0.25, 0.3) is 0 Å². The zero-order valence-corrected chi connectivity index (χ0v) is 12.0. The molecule has 2 N–H and O–H groups in total. The van der Waals surface area contributed by atoms with Gasteiger partial charge in [-0.3, -0.25) is 4.79 Å². The molecule has 0 aromatic heterocycles. The first-order valence-electron chi connectivity index (χ1n) is 6.28. The number of nitrogens with one attached hydrogen (secondary N) is 2. The molecular formula is C14H22N2OS. The normalized spacial score (nSPS) is 10.3. The highest BCUT2D eigenvalue weighted by Gasteiger charge is 2.00. The van der Waals surface area contributed by atoms with Gasteiger partial charge in [-0.25, -0.2) is 0 Å². The molecule has 0 fully saturated rings. The van der Waals surface area contributed by atoms with Crippen LogP contribution in [0, 0.1) is 6.92 Å². The Hall–Kier alpha value is -1.00.